The molecule has 0 spiro atoms. The summed E-state index contributed by atoms with van der Waals surface area (Å²) in [5.74, 6) is 0. The molecule has 0 aliphatic carbocycles. The Morgan fingerprint density at radius 2 is 1.73 bits per heavy atom. The van der Waals surface area contributed by atoms with Gasteiger partial charge in [-0.1, -0.05) is 0 Å². The molecule has 58 valence electrons. The molecule has 0 amide bonds. The van der Waals surface area contributed by atoms with Gasteiger partial charge in [0.1, 0.15) is 0 Å². The summed E-state index contributed by atoms with van der Waals surface area (Å²) in [6.45, 7) is 0. The molecule has 4 heteroatoms. The first-order valence-electron chi connectivity index (χ1n) is 3.34. The minimum Gasteiger partial charge on any atom is -0.410 e. The van der Waals surface area contributed by atoms with E-state index in [2.05, 4.69) is 4.98 Å². The zero-order valence-corrected chi connectivity index (χ0v) is 6.65. The first-order chi connectivity index (χ1) is 5.38. The fourth-order valence-electron chi connectivity index (χ4n) is 0.889. The van der Waals surface area contributed by atoms with Crippen molar-refractivity contribution in [1.29, 1.82) is 0 Å². The molecule has 0 saturated heterocycles. The molecular weight excluding hydrogens is 141 g/mol. The van der Waals surface area contributed by atoms with Gasteiger partial charge in [-0.05, 0) is 17.6 Å². The molecule has 0 aliphatic rings. The molecule has 1 aromatic heterocycles. The Morgan fingerprint density at radius 1 is 1.18 bits per heavy atom. The van der Waals surface area contributed by atoms with Crippen molar-refractivity contribution in [2.24, 2.45) is 0 Å². The van der Waals surface area contributed by atoms with Crippen molar-refractivity contribution in [2.45, 2.75) is 0 Å². The van der Waals surface area contributed by atoms with Crippen LogP contribution in [0.15, 0.2) is 24.5 Å². The average molecular weight is 151 g/mol. The van der Waals surface area contributed by atoms with Crippen molar-refractivity contribution >= 4 is 12.6 Å². The lowest BCUT2D eigenvalue weighted by molar-refractivity contribution is 0.292. The smallest absolute Gasteiger partial charge is 0.410 e. The standard InChI is InChI=1S/C7H10BNO2/c1-10-8(11-2)7-3-5-9-6-4-7/h3-6H,1-2H3. The van der Waals surface area contributed by atoms with Crippen molar-refractivity contribution in [2.75, 3.05) is 14.2 Å². The van der Waals surface area contributed by atoms with E-state index in [1.807, 2.05) is 12.1 Å². The van der Waals surface area contributed by atoms with Gasteiger partial charge in [0.2, 0.25) is 0 Å². The fourth-order valence-corrected chi connectivity index (χ4v) is 0.889. The molecular formula is C7H10BNO2. The van der Waals surface area contributed by atoms with Crippen LogP contribution in [0.2, 0.25) is 0 Å². The van der Waals surface area contributed by atoms with Gasteiger partial charge in [0.25, 0.3) is 0 Å². The van der Waals surface area contributed by atoms with E-state index in [4.69, 9.17) is 9.31 Å². The first-order valence-corrected chi connectivity index (χ1v) is 3.34. The molecule has 0 aliphatic heterocycles. The predicted molar refractivity (Wildman–Crippen MR) is 43.6 cm³/mol. The van der Waals surface area contributed by atoms with Gasteiger partial charge in [-0.15, -0.1) is 0 Å². The van der Waals surface area contributed by atoms with E-state index in [9.17, 15) is 0 Å². The maximum atomic E-state index is 5.04. The quantitative estimate of drug-likeness (QED) is 0.572. The first kappa shape index (κ1) is 8.23. The van der Waals surface area contributed by atoms with Crippen LogP contribution in [0.25, 0.3) is 0 Å². The molecule has 1 heterocycles. The molecule has 0 atom stereocenters. The van der Waals surface area contributed by atoms with Gasteiger partial charge >= 0.3 is 7.12 Å². The second-order valence-corrected chi connectivity index (χ2v) is 2.08. The van der Waals surface area contributed by atoms with E-state index in [0.717, 1.165) is 5.46 Å². The predicted octanol–water partition coefficient (Wildman–Crippen LogP) is 0.0696. The van der Waals surface area contributed by atoms with Crippen LogP contribution in [-0.4, -0.2) is 26.3 Å². The maximum Gasteiger partial charge on any atom is 0.493 e. The van der Waals surface area contributed by atoms with E-state index in [-0.39, 0.29) is 7.12 Å². The van der Waals surface area contributed by atoms with E-state index in [1.165, 1.54) is 0 Å². The molecule has 1 rings (SSSR count). The van der Waals surface area contributed by atoms with Gasteiger partial charge in [-0.3, -0.25) is 4.98 Å². The Bertz CT molecular complexity index is 201. The summed E-state index contributed by atoms with van der Waals surface area (Å²) in [4.78, 5) is 3.89. The summed E-state index contributed by atoms with van der Waals surface area (Å²) < 4.78 is 10.1. The fraction of sp³-hybridized carbons (Fsp3) is 0.286. The van der Waals surface area contributed by atoms with Crippen LogP contribution in [0.3, 0.4) is 0 Å². The second-order valence-electron chi connectivity index (χ2n) is 2.08. The molecule has 0 saturated carbocycles. The molecule has 0 unspecified atom stereocenters. The highest BCUT2D eigenvalue weighted by Crippen LogP contribution is 1.86. The summed E-state index contributed by atoms with van der Waals surface area (Å²) in [6, 6.07) is 3.72. The molecule has 0 aromatic carbocycles. The normalized spacial score (nSPS) is 9.64. The molecule has 0 bridgehead atoms. The SMILES string of the molecule is COB(OC)c1ccncc1. The zero-order chi connectivity index (χ0) is 8.10. The van der Waals surface area contributed by atoms with Gasteiger partial charge in [0.05, 0.1) is 0 Å². The molecule has 1 aromatic rings. The van der Waals surface area contributed by atoms with E-state index >= 15 is 0 Å². The van der Waals surface area contributed by atoms with Crippen LogP contribution in [-0.2, 0) is 9.31 Å². The Hall–Kier alpha value is -0.865. The highest BCUT2D eigenvalue weighted by atomic mass is 16.6. The van der Waals surface area contributed by atoms with Crippen LogP contribution >= 0.6 is 0 Å². The molecule has 3 nitrogen and oxygen atoms in total. The lowest BCUT2D eigenvalue weighted by Crippen LogP contribution is -2.34. The largest absolute Gasteiger partial charge is 0.493 e. The maximum absolute atomic E-state index is 5.04. The molecule has 11 heavy (non-hydrogen) atoms. The van der Waals surface area contributed by atoms with Crippen molar-refractivity contribution in [1.82, 2.24) is 4.98 Å². The van der Waals surface area contributed by atoms with Crippen LogP contribution in [0.5, 0.6) is 0 Å². The summed E-state index contributed by atoms with van der Waals surface area (Å²) >= 11 is 0. The monoisotopic (exact) mass is 151 g/mol. The van der Waals surface area contributed by atoms with Gasteiger partial charge < -0.3 is 9.31 Å². The van der Waals surface area contributed by atoms with Gasteiger partial charge in [0.15, 0.2) is 0 Å². The topological polar surface area (TPSA) is 31.4 Å². The second kappa shape index (κ2) is 4.11. The number of nitrogens with zero attached hydrogens (tertiary/aromatic N) is 1. The number of hydrogen-bond acceptors (Lipinski definition) is 3. The third-order valence-corrected chi connectivity index (χ3v) is 1.41. The minimum atomic E-state index is -0.280. The third-order valence-electron chi connectivity index (χ3n) is 1.41. The van der Waals surface area contributed by atoms with Crippen molar-refractivity contribution < 1.29 is 9.31 Å². The molecule has 0 radical (unpaired) electrons. The Labute approximate surface area is 66.5 Å². The molecule has 0 fully saturated rings. The summed E-state index contributed by atoms with van der Waals surface area (Å²) in [5.41, 5.74) is 0.977. The average Bonchev–Trinajstić information content (AvgIpc) is 2.09. The number of aromatic nitrogens is 1. The lowest BCUT2D eigenvalue weighted by Gasteiger charge is -2.06. The van der Waals surface area contributed by atoms with Gasteiger partial charge in [0, 0.05) is 26.6 Å². The van der Waals surface area contributed by atoms with E-state index in [1.54, 1.807) is 26.6 Å². The van der Waals surface area contributed by atoms with Crippen LogP contribution in [0.4, 0.5) is 0 Å². The van der Waals surface area contributed by atoms with Gasteiger partial charge in [-0.2, -0.15) is 0 Å². The summed E-state index contributed by atoms with van der Waals surface area (Å²) in [7, 11) is 2.93. The molecule has 0 N–H and O–H groups in total. The number of pyridine rings is 1. The van der Waals surface area contributed by atoms with Crippen LogP contribution in [0.1, 0.15) is 0 Å². The van der Waals surface area contributed by atoms with E-state index < -0.39 is 0 Å². The van der Waals surface area contributed by atoms with Gasteiger partial charge in [-0.25, -0.2) is 0 Å². The number of rotatable bonds is 3. The highest BCUT2D eigenvalue weighted by Gasteiger charge is 2.16. The Balaban J connectivity index is 2.74. The number of hydrogen-bond donors (Lipinski definition) is 0. The van der Waals surface area contributed by atoms with Crippen molar-refractivity contribution in [3.05, 3.63) is 24.5 Å². The third kappa shape index (κ3) is 2.03. The van der Waals surface area contributed by atoms with Crippen molar-refractivity contribution in [3.63, 3.8) is 0 Å². The summed E-state index contributed by atoms with van der Waals surface area (Å²) in [5, 5.41) is 0. The zero-order valence-electron chi connectivity index (χ0n) is 6.65. The van der Waals surface area contributed by atoms with Crippen LogP contribution in [0, 0.1) is 0 Å². The highest BCUT2D eigenvalue weighted by molar-refractivity contribution is 6.61. The van der Waals surface area contributed by atoms with E-state index in [0.29, 0.717) is 0 Å². The minimum absolute atomic E-state index is 0.280. The Kier molecular flexibility index (Phi) is 3.07. The van der Waals surface area contributed by atoms with Crippen LogP contribution < -0.4 is 5.46 Å². The Morgan fingerprint density at radius 3 is 2.18 bits per heavy atom. The lowest BCUT2D eigenvalue weighted by atomic mass is 9.80. The summed E-state index contributed by atoms with van der Waals surface area (Å²) in [6.07, 6.45) is 3.42. The van der Waals surface area contributed by atoms with Crippen molar-refractivity contribution in [3.8, 4) is 0 Å².